The van der Waals surface area contributed by atoms with Crippen LogP contribution in [-0.2, 0) is 0 Å². The van der Waals surface area contributed by atoms with Crippen LogP contribution in [0, 0.1) is 0 Å². The summed E-state index contributed by atoms with van der Waals surface area (Å²) in [6.07, 6.45) is -0.0507. The van der Waals surface area contributed by atoms with Crippen molar-refractivity contribution in [1.82, 2.24) is 4.90 Å². The van der Waals surface area contributed by atoms with Crippen molar-refractivity contribution in [2.75, 3.05) is 13.1 Å². The summed E-state index contributed by atoms with van der Waals surface area (Å²) in [5.74, 6) is 0. The van der Waals surface area contributed by atoms with Crippen LogP contribution in [0.4, 0.5) is 0 Å². The molecule has 84 valence electrons. The van der Waals surface area contributed by atoms with E-state index in [1.165, 1.54) is 0 Å². The van der Waals surface area contributed by atoms with Gasteiger partial charge in [0.25, 0.3) is 0 Å². The summed E-state index contributed by atoms with van der Waals surface area (Å²) in [6.45, 7) is 16.6. The Hall–Kier alpha value is 0.354. The lowest BCUT2D eigenvalue weighted by Gasteiger charge is -2.51. The van der Waals surface area contributed by atoms with Gasteiger partial charge in [-0.25, -0.2) is 0 Å². The van der Waals surface area contributed by atoms with Crippen LogP contribution in [0.1, 0.15) is 0 Å². The number of rotatable bonds is 3. The molecule has 14 heavy (non-hydrogen) atoms. The maximum Gasteiger partial charge on any atom is 0.0793 e. The third-order valence-corrected chi connectivity index (χ3v) is 12.1. The summed E-state index contributed by atoms with van der Waals surface area (Å²) < 4.78 is 0. The van der Waals surface area contributed by atoms with Crippen molar-refractivity contribution < 1.29 is 5.11 Å². The normalized spacial score (nSPS) is 21.4. The van der Waals surface area contributed by atoms with E-state index in [9.17, 15) is 5.11 Å². The van der Waals surface area contributed by atoms with Gasteiger partial charge < -0.3 is 10.0 Å². The van der Waals surface area contributed by atoms with E-state index >= 15 is 0 Å². The summed E-state index contributed by atoms with van der Waals surface area (Å²) >= 11 is 0. The van der Waals surface area contributed by atoms with Crippen LogP contribution >= 0.6 is 0 Å². The van der Waals surface area contributed by atoms with Gasteiger partial charge in [0.15, 0.2) is 0 Å². The molecule has 1 aliphatic rings. The van der Waals surface area contributed by atoms with Crippen LogP contribution in [0.2, 0.25) is 39.3 Å². The van der Waals surface area contributed by atoms with E-state index in [4.69, 9.17) is 0 Å². The molecule has 1 saturated heterocycles. The maximum atomic E-state index is 9.39. The predicted octanol–water partition coefficient (Wildman–Crippen LogP) is 1.79. The van der Waals surface area contributed by atoms with E-state index in [1.807, 2.05) is 0 Å². The van der Waals surface area contributed by atoms with Crippen molar-refractivity contribution in [2.24, 2.45) is 0 Å². The predicted molar refractivity (Wildman–Crippen MR) is 68.1 cm³/mol. The fourth-order valence-corrected chi connectivity index (χ4v) is 16.1. The van der Waals surface area contributed by atoms with Gasteiger partial charge in [-0.3, -0.25) is 0 Å². The molecule has 0 bridgehead atoms. The van der Waals surface area contributed by atoms with Gasteiger partial charge in [0.2, 0.25) is 0 Å². The van der Waals surface area contributed by atoms with Gasteiger partial charge >= 0.3 is 0 Å². The van der Waals surface area contributed by atoms with Gasteiger partial charge in [0, 0.05) is 13.1 Å². The number of hydrogen-bond acceptors (Lipinski definition) is 2. The standard InChI is InChI=1S/C10H25NOSi2/c1-13(2,3)10(14(4,5)6)11-7-9(12)8-11/h9-10,12H,7-8H2,1-6H3. The van der Waals surface area contributed by atoms with Gasteiger partial charge in [-0.05, 0) is 5.29 Å². The fourth-order valence-electron chi connectivity index (χ4n) is 3.09. The SMILES string of the molecule is C[Si](C)(C)C(N1CC(O)C1)[Si](C)(C)C. The van der Waals surface area contributed by atoms with Crippen LogP contribution in [0.3, 0.4) is 0 Å². The van der Waals surface area contributed by atoms with Crippen molar-refractivity contribution in [1.29, 1.82) is 0 Å². The number of hydrogen-bond donors (Lipinski definition) is 1. The molecular weight excluding hydrogens is 206 g/mol. The first-order chi connectivity index (χ1) is 6.12. The van der Waals surface area contributed by atoms with Crippen molar-refractivity contribution in [3.05, 3.63) is 0 Å². The Morgan fingerprint density at radius 3 is 1.57 bits per heavy atom. The maximum absolute atomic E-state index is 9.39. The van der Waals surface area contributed by atoms with E-state index in [-0.39, 0.29) is 6.10 Å². The summed E-state index contributed by atoms with van der Waals surface area (Å²) in [5.41, 5.74) is 0. The molecule has 1 fully saturated rings. The largest absolute Gasteiger partial charge is 0.390 e. The molecule has 2 nitrogen and oxygen atoms in total. The van der Waals surface area contributed by atoms with Gasteiger partial charge in [-0.15, -0.1) is 0 Å². The monoisotopic (exact) mass is 231 g/mol. The van der Waals surface area contributed by atoms with E-state index in [0.29, 0.717) is 0 Å². The molecule has 0 aromatic rings. The molecule has 0 unspecified atom stereocenters. The lowest BCUT2D eigenvalue weighted by atomic mass is 10.2. The Balaban J connectivity index is 2.74. The molecule has 1 aliphatic heterocycles. The topological polar surface area (TPSA) is 23.5 Å². The van der Waals surface area contributed by atoms with Crippen LogP contribution in [0.5, 0.6) is 0 Å². The summed E-state index contributed by atoms with van der Waals surface area (Å²) in [7, 11) is -2.22. The molecule has 1 N–H and O–H groups in total. The molecule has 0 aromatic carbocycles. The van der Waals surface area contributed by atoms with Crippen LogP contribution in [-0.4, -0.2) is 50.6 Å². The molecular formula is C10H25NOSi2. The van der Waals surface area contributed by atoms with Crippen LogP contribution < -0.4 is 0 Å². The smallest absolute Gasteiger partial charge is 0.0793 e. The zero-order valence-corrected chi connectivity index (χ0v) is 12.5. The van der Waals surface area contributed by atoms with E-state index < -0.39 is 16.1 Å². The average Bonchev–Trinajstić information content (AvgIpc) is 1.76. The molecule has 0 spiro atoms. The molecule has 4 heteroatoms. The van der Waals surface area contributed by atoms with Gasteiger partial charge in [0.05, 0.1) is 22.3 Å². The van der Waals surface area contributed by atoms with Crippen molar-refractivity contribution in [2.45, 2.75) is 50.7 Å². The fraction of sp³-hybridized carbons (Fsp3) is 1.00. The molecule has 1 rings (SSSR count). The highest BCUT2D eigenvalue weighted by Crippen LogP contribution is 2.28. The first-order valence-corrected chi connectivity index (χ1v) is 12.7. The van der Waals surface area contributed by atoms with Gasteiger partial charge in [-0.2, -0.15) is 0 Å². The highest BCUT2D eigenvalue weighted by Gasteiger charge is 2.45. The zero-order chi connectivity index (χ0) is 11.1. The third kappa shape index (κ3) is 2.69. The van der Waals surface area contributed by atoms with Crippen molar-refractivity contribution >= 4 is 16.1 Å². The second-order valence-corrected chi connectivity index (χ2v) is 17.9. The first-order valence-electron chi connectivity index (χ1n) is 5.54. The number of β-amino-alcohol motifs (C(OH)–C–C–N with tert-alkyl or cyclic N) is 1. The van der Waals surface area contributed by atoms with Gasteiger partial charge in [-0.1, -0.05) is 39.3 Å². The number of likely N-dealkylation sites (tertiary alicyclic amines) is 1. The Morgan fingerprint density at radius 1 is 1.00 bits per heavy atom. The van der Waals surface area contributed by atoms with Gasteiger partial charge in [0.1, 0.15) is 0 Å². The average molecular weight is 231 g/mol. The molecule has 0 aromatic heterocycles. The van der Waals surface area contributed by atoms with E-state index in [0.717, 1.165) is 18.4 Å². The Bertz CT molecular complexity index is 187. The highest BCUT2D eigenvalue weighted by atomic mass is 28.4. The summed E-state index contributed by atoms with van der Waals surface area (Å²) in [4.78, 5) is 2.53. The lowest BCUT2D eigenvalue weighted by molar-refractivity contribution is 0.00361. The van der Waals surface area contributed by atoms with Crippen molar-refractivity contribution in [3.63, 3.8) is 0 Å². The second kappa shape index (κ2) is 3.74. The highest BCUT2D eigenvalue weighted by molar-refractivity contribution is 6.96. The van der Waals surface area contributed by atoms with E-state index in [1.54, 1.807) is 0 Å². The summed E-state index contributed by atoms with van der Waals surface area (Å²) in [5, 5.41) is 10.2. The molecule has 1 heterocycles. The molecule has 0 saturated carbocycles. The Kier molecular flexibility index (Phi) is 3.32. The Labute approximate surface area is 90.3 Å². The second-order valence-electron chi connectivity index (χ2n) is 6.74. The molecule has 0 radical (unpaired) electrons. The Morgan fingerprint density at radius 2 is 1.36 bits per heavy atom. The quantitative estimate of drug-likeness (QED) is 0.749. The number of aliphatic hydroxyl groups is 1. The lowest BCUT2D eigenvalue weighted by Crippen LogP contribution is -2.69. The minimum atomic E-state index is -1.11. The first kappa shape index (κ1) is 12.4. The van der Waals surface area contributed by atoms with Crippen molar-refractivity contribution in [3.8, 4) is 0 Å². The number of nitrogens with zero attached hydrogens (tertiary/aromatic N) is 1. The minimum Gasteiger partial charge on any atom is -0.390 e. The molecule has 0 atom stereocenters. The molecule has 0 aliphatic carbocycles. The van der Waals surface area contributed by atoms with Crippen LogP contribution in [0.15, 0.2) is 0 Å². The van der Waals surface area contributed by atoms with E-state index in [2.05, 4.69) is 44.2 Å². The zero-order valence-electron chi connectivity index (χ0n) is 10.5. The van der Waals surface area contributed by atoms with Crippen LogP contribution in [0.25, 0.3) is 0 Å². The minimum absolute atomic E-state index is 0.0507. The third-order valence-electron chi connectivity index (χ3n) is 2.90. The summed E-state index contributed by atoms with van der Waals surface area (Å²) in [6, 6.07) is 0. The molecule has 0 amide bonds. The number of aliphatic hydroxyl groups excluding tert-OH is 1.